The first-order valence-corrected chi connectivity index (χ1v) is 3.64. The lowest BCUT2D eigenvalue weighted by Gasteiger charge is -2.00. The van der Waals surface area contributed by atoms with E-state index in [0.717, 1.165) is 0 Å². The van der Waals surface area contributed by atoms with Crippen LogP contribution in [-0.4, -0.2) is 22.5 Å². The molecule has 0 aliphatic carbocycles. The Balaban J connectivity index is 2.76. The van der Waals surface area contributed by atoms with Gasteiger partial charge in [0, 0.05) is 6.54 Å². The highest BCUT2D eigenvalue weighted by atomic mass is 16.1. The molecule has 0 spiro atoms. The van der Waals surface area contributed by atoms with E-state index in [1.165, 1.54) is 13.1 Å². The summed E-state index contributed by atoms with van der Waals surface area (Å²) < 4.78 is 0. The summed E-state index contributed by atoms with van der Waals surface area (Å²) in [7, 11) is 0. The molecule has 0 aromatic carbocycles. The summed E-state index contributed by atoms with van der Waals surface area (Å²) in [6.45, 7) is 5.67. The molecule has 0 aliphatic rings. The highest BCUT2D eigenvalue weighted by molar-refractivity contribution is 5.98. The first-order chi connectivity index (χ1) is 5.75. The van der Waals surface area contributed by atoms with Crippen LogP contribution in [0.4, 0.5) is 5.82 Å². The monoisotopic (exact) mass is 165 g/mol. The fraction of sp³-hybridized carbons (Fsp3) is 0.250. The van der Waals surface area contributed by atoms with Crippen molar-refractivity contribution in [2.24, 2.45) is 0 Å². The molecule has 0 bridgehead atoms. The third-order valence-corrected chi connectivity index (χ3v) is 1.44. The topological polar surface area (TPSA) is 57.8 Å². The number of anilines is 1. The average molecular weight is 165 g/mol. The minimum atomic E-state index is -0.00434. The summed E-state index contributed by atoms with van der Waals surface area (Å²) in [5, 5.41) is 9.41. The number of nitrogens with zero attached hydrogens (tertiary/aromatic N) is 1. The molecule has 0 fully saturated rings. The van der Waals surface area contributed by atoms with E-state index in [9.17, 15) is 4.79 Å². The molecule has 0 saturated heterocycles. The molecular weight excluding hydrogens is 154 g/mol. The van der Waals surface area contributed by atoms with Crippen molar-refractivity contribution >= 4 is 11.6 Å². The van der Waals surface area contributed by atoms with Gasteiger partial charge in [-0.15, -0.1) is 6.58 Å². The van der Waals surface area contributed by atoms with Gasteiger partial charge in [0.25, 0.3) is 0 Å². The molecule has 4 nitrogen and oxygen atoms in total. The Bertz CT molecular complexity index is 290. The van der Waals surface area contributed by atoms with Crippen LogP contribution in [0.3, 0.4) is 0 Å². The van der Waals surface area contributed by atoms with Crippen LogP contribution in [-0.2, 0) is 0 Å². The summed E-state index contributed by atoms with van der Waals surface area (Å²) in [5.74, 6) is 0.651. The molecule has 1 aromatic heterocycles. The molecule has 0 radical (unpaired) electrons. The van der Waals surface area contributed by atoms with E-state index in [2.05, 4.69) is 22.1 Å². The van der Waals surface area contributed by atoms with E-state index < -0.39 is 0 Å². The lowest BCUT2D eigenvalue weighted by Crippen LogP contribution is -2.02. The van der Waals surface area contributed by atoms with E-state index >= 15 is 0 Å². The zero-order valence-corrected chi connectivity index (χ0v) is 6.92. The van der Waals surface area contributed by atoms with Crippen LogP contribution in [0.5, 0.6) is 0 Å². The van der Waals surface area contributed by atoms with Crippen molar-refractivity contribution in [2.45, 2.75) is 6.92 Å². The van der Waals surface area contributed by atoms with Crippen LogP contribution in [0.2, 0.25) is 0 Å². The zero-order valence-electron chi connectivity index (χ0n) is 6.92. The van der Waals surface area contributed by atoms with Gasteiger partial charge in [0.15, 0.2) is 5.78 Å². The number of aromatic nitrogens is 2. The van der Waals surface area contributed by atoms with Crippen LogP contribution < -0.4 is 5.32 Å². The molecule has 1 aromatic rings. The van der Waals surface area contributed by atoms with Gasteiger partial charge in [0.1, 0.15) is 5.82 Å². The molecule has 64 valence electrons. The molecule has 0 amide bonds. The number of carbonyl (C=O) groups is 1. The third kappa shape index (κ3) is 1.72. The smallest absolute Gasteiger partial charge is 0.165 e. The fourth-order valence-electron chi connectivity index (χ4n) is 0.862. The van der Waals surface area contributed by atoms with E-state index in [1.54, 1.807) is 6.08 Å². The molecule has 0 saturated carbocycles. The zero-order chi connectivity index (χ0) is 8.97. The van der Waals surface area contributed by atoms with Crippen molar-refractivity contribution in [3.8, 4) is 0 Å². The molecule has 2 N–H and O–H groups in total. The Morgan fingerprint density at radius 3 is 3.25 bits per heavy atom. The summed E-state index contributed by atoms with van der Waals surface area (Å²) in [6, 6.07) is 0. The maximum absolute atomic E-state index is 11.0. The van der Waals surface area contributed by atoms with Crippen LogP contribution in [0.15, 0.2) is 18.9 Å². The van der Waals surface area contributed by atoms with Crippen LogP contribution >= 0.6 is 0 Å². The second-order valence-corrected chi connectivity index (χ2v) is 2.38. The maximum Gasteiger partial charge on any atom is 0.165 e. The molecule has 0 aliphatic heterocycles. The van der Waals surface area contributed by atoms with Gasteiger partial charge in [-0.1, -0.05) is 6.08 Å². The van der Waals surface area contributed by atoms with Gasteiger partial charge in [-0.2, -0.15) is 5.10 Å². The van der Waals surface area contributed by atoms with Gasteiger partial charge in [-0.05, 0) is 6.92 Å². The van der Waals surface area contributed by atoms with Gasteiger partial charge in [0.05, 0.1) is 11.8 Å². The maximum atomic E-state index is 11.0. The number of hydrogen-bond donors (Lipinski definition) is 2. The largest absolute Gasteiger partial charge is 0.366 e. The molecule has 4 heteroatoms. The summed E-state index contributed by atoms with van der Waals surface area (Å²) in [4.78, 5) is 11.0. The summed E-state index contributed by atoms with van der Waals surface area (Å²) in [5.41, 5.74) is 0.580. The summed E-state index contributed by atoms with van der Waals surface area (Å²) in [6.07, 6.45) is 3.22. The van der Waals surface area contributed by atoms with Crippen LogP contribution in [0.25, 0.3) is 0 Å². The fourth-order valence-corrected chi connectivity index (χ4v) is 0.862. The Labute approximate surface area is 70.7 Å². The Morgan fingerprint density at radius 1 is 1.92 bits per heavy atom. The van der Waals surface area contributed by atoms with Gasteiger partial charge in [0.2, 0.25) is 0 Å². The number of H-pyrrole nitrogens is 1. The molecule has 0 unspecified atom stereocenters. The van der Waals surface area contributed by atoms with Crippen molar-refractivity contribution in [2.75, 3.05) is 11.9 Å². The Hall–Kier alpha value is -1.58. The van der Waals surface area contributed by atoms with Crippen molar-refractivity contribution in [1.29, 1.82) is 0 Å². The minimum Gasteiger partial charge on any atom is -0.366 e. The van der Waals surface area contributed by atoms with Gasteiger partial charge in [-0.25, -0.2) is 0 Å². The number of carbonyl (C=O) groups excluding carboxylic acids is 1. The van der Waals surface area contributed by atoms with Crippen molar-refractivity contribution in [1.82, 2.24) is 10.2 Å². The van der Waals surface area contributed by atoms with Crippen LogP contribution in [0, 0.1) is 0 Å². The molecular formula is C8H11N3O. The highest BCUT2D eigenvalue weighted by Crippen LogP contribution is 2.10. The predicted octanol–water partition coefficient (Wildman–Crippen LogP) is 1.21. The summed E-state index contributed by atoms with van der Waals surface area (Å²) >= 11 is 0. The molecule has 0 atom stereocenters. The van der Waals surface area contributed by atoms with Crippen molar-refractivity contribution in [3.05, 3.63) is 24.4 Å². The van der Waals surface area contributed by atoms with E-state index in [1.807, 2.05) is 0 Å². The quantitative estimate of drug-likeness (QED) is 0.520. The van der Waals surface area contributed by atoms with Crippen molar-refractivity contribution in [3.63, 3.8) is 0 Å². The van der Waals surface area contributed by atoms with E-state index in [-0.39, 0.29) is 5.78 Å². The number of hydrogen-bond acceptors (Lipinski definition) is 3. The Kier molecular flexibility index (Phi) is 2.63. The first-order valence-electron chi connectivity index (χ1n) is 3.64. The number of rotatable bonds is 4. The van der Waals surface area contributed by atoms with Gasteiger partial charge in [-0.3, -0.25) is 9.89 Å². The second-order valence-electron chi connectivity index (χ2n) is 2.38. The van der Waals surface area contributed by atoms with E-state index in [4.69, 9.17) is 0 Å². The second kappa shape index (κ2) is 3.71. The minimum absolute atomic E-state index is 0.00434. The predicted molar refractivity (Wildman–Crippen MR) is 47.3 cm³/mol. The first kappa shape index (κ1) is 8.52. The highest BCUT2D eigenvalue weighted by Gasteiger charge is 2.07. The Morgan fingerprint density at radius 2 is 2.67 bits per heavy atom. The standard InChI is InChI=1S/C8H11N3O/c1-3-4-9-8-7(6(2)12)5-10-11-8/h3,5H,1,4H2,2H3,(H2,9,10,11). The number of Topliss-reactive ketones (excluding diaryl/α,β-unsaturated/α-hetero) is 1. The van der Waals surface area contributed by atoms with Crippen LogP contribution in [0.1, 0.15) is 17.3 Å². The lowest BCUT2D eigenvalue weighted by atomic mass is 10.2. The molecule has 1 rings (SSSR count). The van der Waals surface area contributed by atoms with Gasteiger partial charge >= 0.3 is 0 Å². The third-order valence-electron chi connectivity index (χ3n) is 1.44. The number of ketones is 1. The normalized spacial score (nSPS) is 9.42. The molecule has 12 heavy (non-hydrogen) atoms. The number of aromatic amines is 1. The lowest BCUT2D eigenvalue weighted by molar-refractivity contribution is 0.101. The number of nitrogens with one attached hydrogen (secondary N) is 2. The van der Waals surface area contributed by atoms with Crippen molar-refractivity contribution < 1.29 is 4.79 Å². The van der Waals surface area contributed by atoms with Gasteiger partial charge < -0.3 is 5.32 Å². The molecule has 1 heterocycles. The average Bonchev–Trinajstić information content (AvgIpc) is 2.48. The van der Waals surface area contributed by atoms with E-state index in [0.29, 0.717) is 17.9 Å². The SMILES string of the molecule is C=CCNc1[nH]ncc1C(C)=O.